The van der Waals surface area contributed by atoms with Crippen molar-refractivity contribution in [3.63, 3.8) is 0 Å². The lowest BCUT2D eigenvalue weighted by Crippen LogP contribution is -2.30. The highest BCUT2D eigenvalue weighted by Crippen LogP contribution is 2.45. The van der Waals surface area contributed by atoms with Gasteiger partial charge in [0.25, 0.3) is 0 Å². The fraction of sp³-hybridized carbons (Fsp3) is 0.953. The first-order valence-electron chi connectivity index (χ1n) is 44.4. The summed E-state index contributed by atoms with van der Waals surface area (Å²) in [6.45, 7) is 12.1. The highest BCUT2D eigenvalue weighted by atomic mass is 31.2. The number of hydrogen-bond donors (Lipinski definition) is 3. The van der Waals surface area contributed by atoms with E-state index in [2.05, 4.69) is 48.5 Å². The average Bonchev–Trinajstić information content (AvgIpc) is 0.908. The molecule has 105 heavy (non-hydrogen) atoms. The molecule has 3 N–H and O–H groups in total. The van der Waals surface area contributed by atoms with Gasteiger partial charge in [-0.3, -0.25) is 37.3 Å². The number of hydrogen-bond acceptors (Lipinski definition) is 15. The molecule has 0 aromatic rings. The molecular formula is C86H168O17P2. The number of rotatable bonds is 84. The van der Waals surface area contributed by atoms with E-state index in [-0.39, 0.29) is 25.7 Å². The molecule has 0 aromatic carbocycles. The van der Waals surface area contributed by atoms with Crippen molar-refractivity contribution >= 4 is 39.5 Å². The van der Waals surface area contributed by atoms with Crippen molar-refractivity contribution in [2.45, 2.75) is 471 Å². The molecule has 0 aliphatic heterocycles. The second kappa shape index (κ2) is 76.1. The van der Waals surface area contributed by atoms with Gasteiger partial charge in [-0.15, -0.1) is 0 Å². The van der Waals surface area contributed by atoms with Crippen LogP contribution < -0.4 is 0 Å². The molecule has 3 unspecified atom stereocenters. The maximum absolute atomic E-state index is 13.2. The Labute approximate surface area is 645 Å². The highest BCUT2D eigenvalue weighted by molar-refractivity contribution is 7.47. The monoisotopic (exact) mass is 1540 g/mol. The van der Waals surface area contributed by atoms with Crippen LogP contribution in [0.5, 0.6) is 0 Å². The minimum Gasteiger partial charge on any atom is -0.462 e. The molecule has 0 radical (unpaired) electrons. The van der Waals surface area contributed by atoms with E-state index in [1.807, 2.05) is 0 Å². The summed E-state index contributed by atoms with van der Waals surface area (Å²) in [6.07, 6.45) is 66.5. The van der Waals surface area contributed by atoms with Gasteiger partial charge in [-0.2, -0.15) is 0 Å². The third kappa shape index (κ3) is 78.5. The number of carbonyl (C=O) groups excluding carboxylic acids is 4. The van der Waals surface area contributed by atoms with Gasteiger partial charge in [0, 0.05) is 25.7 Å². The lowest BCUT2D eigenvalue weighted by atomic mass is 9.99. The van der Waals surface area contributed by atoms with Crippen LogP contribution in [0.15, 0.2) is 0 Å². The number of unbranched alkanes of at least 4 members (excludes halogenated alkanes) is 51. The summed E-state index contributed by atoms with van der Waals surface area (Å²) >= 11 is 0. The van der Waals surface area contributed by atoms with Crippen molar-refractivity contribution in [3.05, 3.63) is 0 Å². The molecule has 0 bridgehead atoms. The van der Waals surface area contributed by atoms with Crippen molar-refractivity contribution in [1.82, 2.24) is 0 Å². The second-order valence-electron chi connectivity index (χ2n) is 32.1. The molecule has 0 aromatic heterocycles. The highest BCUT2D eigenvalue weighted by Gasteiger charge is 2.30. The Morgan fingerprint density at radius 3 is 0.724 bits per heavy atom. The first kappa shape index (κ1) is 103. The number of phosphoric ester groups is 2. The Morgan fingerprint density at radius 1 is 0.276 bits per heavy atom. The number of carbonyl (C=O) groups is 4. The van der Waals surface area contributed by atoms with Gasteiger partial charge in [0.1, 0.15) is 19.3 Å². The quantitative estimate of drug-likeness (QED) is 0.0222. The van der Waals surface area contributed by atoms with Crippen LogP contribution in [0.2, 0.25) is 0 Å². The van der Waals surface area contributed by atoms with Gasteiger partial charge in [-0.1, -0.05) is 402 Å². The molecule has 0 saturated carbocycles. The van der Waals surface area contributed by atoms with Crippen LogP contribution in [0.1, 0.15) is 453 Å². The van der Waals surface area contributed by atoms with E-state index in [4.69, 9.17) is 37.0 Å². The normalized spacial score (nSPS) is 14.1. The standard InChI is InChI=1S/C86H168O17P2/c1-8-10-11-12-13-14-15-31-39-46-53-60-67-83(88)96-74-82(103-86(91)70-63-56-49-42-35-34-38-45-52-59-66-79(7)9-2)76-101-105(94,95)99-72-80(87)71-98-104(92,93)100-75-81(73-97-84(89)68-61-54-47-40-32-27-24-20-22-26-30-37-44-51-58-65-78(5)6)102-85(90)69-62-55-48-41-33-28-23-19-17-16-18-21-25-29-36-43-50-57-64-77(3)4/h77-82,87H,8-76H2,1-7H3,(H,92,93)(H,94,95)/t79?,80-,81-,82-/m1/s1. The van der Waals surface area contributed by atoms with E-state index in [1.54, 1.807) is 0 Å². The molecular weight excluding hydrogens is 1370 g/mol. The lowest BCUT2D eigenvalue weighted by Gasteiger charge is -2.21. The zero-order valence-electron chi connectivity index (χ0n) is 69.2. The number of ether oxygens (including phenoxy) is 4. The van der Waals surface area contributed by atoms with Crippen LogP contribution in [0, 0.1) is 17.8 Å². The Kier molecular flexibility index (Phi) is 74.7. The van der Waals surface area contributed by atoms with E-state index in [1.165, 1.54) is 263 Å². The molecule has 0 heterocycles. The van der Waals surface area contributed by atoms with Crippen LogP contribution in [0.4, 0.5) is 0 Å². The van der Waals surface area contributed by atoms with E-state index in [9.17, 15) is 43.2 Å². The van der Waals surface area contributed by atoms with Crippen LogP contribution in [-0.2, 0) is 65.4 Å². The smallest absolute Gasteiger partial charge is 0.462 e. The van der Waals surface area contributed by atoms with Gasteiger partial charge in [-0.25, -0.2) is 9.13 Å². The summed E-state index contributed by atoms with van der Waals surface area (Å²) in [5.41, 5.74) is 0. The van der Waals surface area contributed by atoms with Crippen molar-refractivity contribution in [1.29, 1.82) is 0 Å². The third-order valence-electron chi connectivity index (χ3n) is 20.5. The third-order valence-corrected chi connectivity index (χ3v) is 22.4. The number of esters is 4. The topological polar surface area (TPSA) is 237 Å². The first-order valence-corrected chi connectivity index (χ1v) is 47.4. The summed E-state index contributed by atoms with van der Waals surface area (Å²) in [7, 11) is -9.93. The zero-order chi connectivity index (χ0) is 77.2. The predicted octanol–water partition coefficient (Wildman–Crippen LogP) is 26.1. The minimum atomic E-state index is -4.97. The van der Waals surface area contributed by atoms with Crippen LogP contribution in [0.25, 0.3) is 0 Å². The maximum atomic E-state index is 13.2. The van der Waals surface area contributed by atoms with Crippen molar-refractivity contribution in [2.24, 2.45) is 17.8 Å². The molecule has 0 aliphatic rings. The van der Waals surface area contributed by atoms with Gasteiger partial charge in [0.05, 0.1) is 26.4 Å². The molecule has 17 nitrogen and oxygen atoms in total. The number of aliphatic hydroxyl groups is 1. The fourth-order valence-corrected chi connectivity index (χ4v) is 14.9. The fourth-order valence-electron chi connectivity index (χ4n) is 13.3. The largest absolute Gasteiger partial charge is 0.472 e. The molecule has 0 spiro atoms. The number of aliphatic hydroxyl groups excluding tert-OH is 1. The molecule has 0 fully saturated rings. The van der Waals surface area contributed by atoms with Gasteiger partial charge >= 0.3 is 39.5 Å². The van der Waals surface area contributed by atoms with E-state index >= 15 is 0 Å². The summed E-state index contributed by atoms with van der Waals surface area (Å²) in [4.78, 5) is 73.2. The lowest BCUT2D eigenvalue weighted by molar-refractivity contribution is -0.161. The van der Waals surface area contributed by atoms with E-state index < -0.39 is 97.5 Å². The zero-order valence-corrected chi connectivity index (χ0v) is 71.0. The van der Waals surface area contributed by atoms with Crippen molar-refractivity contribution in [3.8, 4) is 0 Å². The van der Waals surface area contributed by atoms with Crippen LogP contribution in [0.3, 0.4) is 0 Å². The van der Waals surface area contributed by atoms with Crippen LogP contribution in [-0.4, -0.2) is 96.7 Å². The van der Waals surface area contributed by atoms with Crippen LogP contribution >= 0.6 is 15.6 Å². The van der Waals surface area contributed by atoms with Gasteiger partial charge in [0.15, 0.2) is 12.2 Å². The van der Waals surface area contributed by atoms with E-state index in [0.29, 0.717) is 25.7 Å². The Morgan fingerprint density at radius 2 is 0.486 bits per heavy atom. The Balaban J connectivity index is 5.25. The predicted molar refractivity (Wildman–Crippen MR) is 432 cm³/mol. The molecule has 0 amide bonds. The minimum absolute atomic E-state index is 0.107. The number of phosphoric acid groups is 2. The average molecular weight is 1540 g/mol. The summed E-state index contributed by atoms with van der Waals surface area (Å²) in [6, 6.07) is 0. The first-order chi connectivity index (χ1) is 50.8. The molecule has 624 valence electrons. The summed E-state index contributed by atoms with van der Waals surface area (Å²) < 4.78 is 68.9. The summed E-state index contributed by atoms with van der Waals surface area (Å²) in [5.74, 6) is 0.327. The SMILES string of the molecule is CCCCCCCCCCCCCCC(=O)OC[C@H](COP(=O)(O)OC[C@H](O)COP(=O)(O)OC[C@@H](COC(=O)CCCCCCCCCCCCCCCCCC(C)C)OC(=O)CCCCCCCCCCCCCCCCCCCCC(C)C)OC(=O)CCCCCCCCCCCCC(C)CC. The Bertz CT molecular complexity index is 2030. The molecule has 19 heteroatoms. The molecule has 0 aliphatic carbocycles. The molecule has 0 rings (SSSR count). The van der Waals surface area contributed by atoms with E-state index in [0.717, 1.165) is 108 Å². The van der Waals surface area contributed by atoms with Gasteiger partial charge < -0.3 is 33.8 Å². The Hall–Kier alpha value is -1.94. The van der Waals surface area contributed by atoms with Gasteiger partial charge in [-0.05, 0) is 43.4 Å². The van der Waals surface area contributed by atoms with Gasteiger partial charge in [0.2, 0.25) is 0 Å². The maximum Gasteiger partial charge on any atom is 0.472 e. The molecule has 6 atom stereocenters. The van der Waals surface area contributed by atoms with Crippen molar-refractivity contribution in [2.75, 3.05) is 39.6 Å². The molecule has 0 saturated heterocycles. The summed E-state index contributed by atoms with van der Waals surface area (Å²) in [5, 5.41) is 10.7. The van der Waals surface area contributed by atoms with Crippen molar-refractivity contribution < 1.29 is 80.2 Å². The second-order valence-corrected chi connectivity index (χ2v) is 35.0.